The van der Waals surface area contributed by atoms with E-state index >= 15 is 0 Å². The van der Waals surface area contributed by atoms with Gasteiger partial charge in [-0.25, -0.2) is 0 Å². The molecule has 96 valence electrons. The van der Waals surface area contributed by atoms with Crippen LogP contribution < -0.4 is 15.4 Å². The molecule has 2 heterocycles. The van der Waals surface area contributed by atoms with Crippen molar-refractivity contribution in [2.45, 2.75) is 12.5 Å². The number of nitrogens with one attached hydrogen (secondary N) is 2. The van der Waals surface area contributed by atoms with E-state index in [0.29, 0.717) is 17.4 Å². The highest BCUT2D eigenvalue weighted by molar-refractivity contribution is 6.32. The highest BCUT2D eigenvalue weighted by Gasteiger charge is 2.29. The number of carbonyl (C=O) groups excluding carboxylic acids is 1. The third-order valence-electron chi connectivity index (χ3n) is 3.49. The highest BCUT2D eigenvalue weighted by Crippen LogP contribution is 2.37. The minimum absolute atomic E-state index is 0.0144. The summed E-state index contributed by atoms with van der Waals surface area (Å²) in [5.41, 5.74) is 0.981. The minimum Gasteiger partial charge on any atom is -0.492 e. The topological polar surface area (TPSA) is 50.4 Å². The average Bonchev–Trinajstić information content (AvgIpc) is 2.28. The summed E-state index contributed by atoms with van der Waals surface area (Å²) in [5.74, 6) is 0.935. The summed E-state index contributed by atoms with van der Waals surface area (Å²) in [6.07, 6.45) is 0.791. The Morgan fingerprint density at radius 3 is 3.00 bits per heavy atom. The Balaban J connectivity index is 1.78. The second-order valence-electron chi connectivity index (χ2n) is 4.71. The standard InChI is InChI=1S/C13H15ClN2O2/c14-10-3-1-2-9-11(4-5-18-12(9)10)16-13(17)8-6-15-7-8/h1-3,8,11,15H,4-7H2,(H,16,17). The van der Waals surface area contributed by atoms with Crippen LogP contribution in [0.2, 0.25) is 5.02 Å². The molecule has 1 saturated heterocycles. The molecule has 0 bridgehead atoms. The van der Waals surface area contributed by atoms with E-state index in [9.17, 15) is 4.79 Å². The molecule has 1 aromatic carbocycles. The number of amides is 1. The van der Waals surface area contributed by atoms with E-state index in [4.69, 9.17) is 16.3 Å². The number of fused-ring (bicyclic) bond motifs is 1. The molecule has 0 spiro atoms. The molecule has 0 radical (unpaired) electrons. The van der Waals surface area contributed by atoms with Crippen LogP contribution in [-0.4, -0.2) is 25.6 Å². The quantitative estimate of drug-likeness (QED) is 0.853. The Labute approximate surface area is 111 Å². The average molecular weight is 267 g/mol. The third kappa shape index (κ3) is 2.06. The Morgan fingerprint density at radius 1 is 1.44 bits per heavy atom. The second-order valence-corrected chi connectivity index (χ2v) is 5.12. The molecule has 1 atom stereocenters. The van der Waals surface area contributed by atoms with E-state index in [2.05, 4.69) is 10.6 Å². The van der Waals surface area contributed by atoms with E-state index in [-0.39, 0.29) is 17.9 Å². The summed E-state index contributed by atoms with van der Waals surface area (Å²) in [4.78, 5) is 12.0. The van der Waals surface area contributed by atoms with Gasteiger partial charge in [0.1, 0.15) is 5.75 Å². The van der Waals surface area contributed by atoms with Gasteiger partial charge in [0.15, 0.2) is 0 Å². The number of benzene rings is 1. The van der Waals surface area contributed by atoms with Crippen molar-refractivity contribution in [1.82, 2.24) is 10.6 Å². The maximum atomic E-state index is 12.0. The summed E-state index contributed by atoms with van der Waals surface area (Å²) >= 11 is 6.10. The van der Waals surface area contributed by atoms with E-state index in [1.54, 1.807) is 6.07 Å². The van der Waals surface area contributed by atoms with Crippen LogP contribution in [0, 0.1) is 5.92 Å². The SMILES string of the molecule is O=C(NC1CCOc2c(Cl)cccc21)C1CNC1. The molecule has 1 unspecified atom stereocenters. The van der Waals surface area contributed by atoms with Crippen molar-refractivity contribution in [2.75, 3.05) is 19.7 Å². The normalized spacial score (nSPS) is 22.6. The third-order valence-corrected chi connectivity index (χ3v) is 3.79. The fourth-order valence-corrected chi connectivity index (χ4v) is 2.54. The van der Waals surface area contributed by atoms with Gasteiger partial charge in [0.2, 0.25) is 5.91 Å². The zero-order chi connectivity index (χ0) is 12.5. The first-order valence-corrected chi connectivity index (χ1v) is 6.56. The van der Waals surface area contributed by atoms with Crippen molar-refractivity contribution in [3.8, 4) is 5.75 Å². The largest absolute Gasteiger partial charge is 0.492 e. The van der Waals surface area contributed by atoms with Crippen molar-refractivity contribution in [2.24, 2.45) is 5.92 Å². The Kier molecular flexibility index (Phi) is 3.14. The van der Waals surface area contributed by atoms with Gasteiger partial charge in [0.05, 0.1) is 23.6 Å². The van der Waals surface area contributed by atoms with Gasteiger partial charge in [-0.15, -0.1) is 0 Å². The van der Waals surface area contributed by atoms with Crippen LogP contribution in [0.5, 0.6) is 5.75 Å². The van der Waals surface area contributed by atoms with Crippen LogP contribution in [-0.2, 0) is 4.79 Å². The molecule has 2 N–H and O–H groups in total. The van der Waals surface area contributed by atoms with Gasteiger partial charge in [-0.2, -0.15) is 0 Å². The molecule has 0 aromatic heterocycles. The number of hydrogen-bond acceptors (Lipinski definition) is 3. The molecular weight excluding hydrogens is 252 g/mol. The Hall–Kier alpha value is -1.26. The van der Waals surface area contributed by atoms with E-state index in [0.717, 1.165) is 25.1 Å². The lowest BCUT2D eigenvalue weighted by Crippen LogP contribution is -2.51. The summed E-state index contributed by atoms with van der Waals surface area (Å²) in [7, 11) is 0. The lowest BCUT2D eigenvalue weighted by Gasteiger charge is -2.31. The highest BCUT2D eigenvalue weighted by atomic mass is 35.5. The fourth-order valence-electron chi connectivity index (χ4n) is 2.30. The van der Waals surface area contributed by atoms with Gasteiger partial charge >= 0.3 is 0 Å². The van der Waals surface area contributed by atoms with E-state index < -0.39 is 0 Å². The molecule has 1 amide bonds. The lowest BCUT2D eigenvalue weighted by atomic mass is 9.97. The van der Waals surface area contributed by atoms with Gasteiger partial charge in [0.25, 0.3) is 0 Å². The van der Waals surface area contributed by atoms with Crippen LogP contribution >= 0.6 is 11.6 Å². The van der Waals surface area contributed by atoms with Crippen LogP contribution in [0.3, 0.4) is 0 Å². The van der Waals surface area contributed by atoms with Crippen molar-refractivity contribution < 1.29 is 9.53 Å². The Bertz CT molecular complexity index is 474. The number of hydrogen-bond donors (Lipinski definition) is 2. The molecule has 4 nitrogen and oxygen atoms in total. The van der Waals surface area contributed by atoms with Crippen LogP contribution in [0.25, 0.3) is 0 Å². The summed E-state index contributed by atoms with van der Waals surface area (Å²) in [5, 5.41) is 6.80. The summed E-state index contributed by atoms with van der Waals surface area (Å²) in [6, 6.07) is 5.67. The smallest absolute Gasteiger partial charge is 0.226 e. The van der Waals surface area contributed by atoms with Crippen molar-refractivity contribution in [3.63, 3.8) is 0 Å². The Morgan fingerprint density at radius 2 is 2.28 bits per heavy atom. The predicted molar refractivity (Wildman–Crippen MR) is 68.8 cm³/mol. The fraction of sp³-hybridized carbons (Fsp3) is 0.462. The van der Waals surface area contributed by atoms with Gasteiger partial charge in [-0.05, 0) is 6.07 Å². The van der Waals surface area contributed by atoms with E-state index in [1.165, 1.54) is 0 Å². The number of rotatable bonds is 2. The van der Waals surface area contributed by atoms with Gasteiger partial charge in [-0.3, -0.25) is 4.79 Å². The summed E-state index contributed by atoms with van der Waals surface area (Å²) in [6.45, 7) is 2.14. The lowest BCUT2D eigenvalue weighted by molar-refractivity contribution is -0.127. The first kappa shape index (κ1) is 11.8. The molecule has 5 heteroatoms. The van der Waals surface area contributed by atoms with Crippen LogP contribution in [0.4, 0.5) is 0 Å². The molecule has 3 rings (SSSR count). The molecule has 2 aliphatic heterocycles. The van der Waals surface area contributed by atoms with Gasteiger partial charge in [-0.1, -0.05) is 23.7 Å². The minimum atomic E-state index is 0.0144. The van der Waals surface area contributed by atoms with Crippen LogP contribution in [0.15, 0.2) is 18.2 Å². The maximum Gasteiger partial charge on any atom is 0.226 e. The zero-order valence-corrected chi connectivity index (χ0v) is 10.7. The number of ether oxygens (including phenoxy) is 1. The van der Waals surface area contributed by atoms with Crippen molar-refractivity contribution in [3.05, 3.63) is 28.8 Å². The van der Waals surface area contributed by atoms with Crippen molar-refractivity contribution in [1.29, 1.82) is 0 Å². The van der Waals surface area contributed by atoms with Gasteiger partial charge < -0.3 is 15.4 Å². The second kappa shape index (κ2) is 4.78. The maximum absolute atomic E-state index is 12.0. The molecule has 0 saturated carbocycles. The predicted octanol–water partition coefficient (Wildman–Crippen LogP) is 1.50. The molecule has 18 heavy (non-hydrogen) atoms. The molecule has 1 fully saturated rings. The summed E-state index contributed by atoms with van der Waals surface area (Å²) < 4.78 is 5.57. The van der Waals surface area contributed by atoms with E-state index in [1.807, 2.05) is 12.1 Å². The molecule has 1 aromatic rings. The first-order valence-electron chi connectivity index (χ1n) is 6.18. The van der Waals surface area contributed by atoms with Crippen LogP contribution in [0.1, 0.15) is 18.0 Å². The number of carbonyl (C=O) groups is 1. The first-order chi connectivity index (χ1) is 8.75. The molecular formula is C13H15ClN2O2. The zero-order valence-electron chi connectivity index (χ0n) is 9.91. The van der Waals surface area contributed by atoms with Gasteiger partial charge in [0, 0.05) is 25.1 Å². The molecule has 2 aliphatic rings. The monoisotopic (exact) mass is 266 g/mol. The van der Waals surface area contributed by atoms with Crippen molar-refractivity contribution >= 4 is 17.5 Å². The number of para-hydroxylation sites is 1. The number of halogens is 1. The molecule has 0 aliphatic carbocycles.